The molecule has 3 atom stereocenters. The van der Waals surface area contributed by atoms with Crippen molar-refractivity contribution in [3.05, 3.63) is 24.3 Å². The van der Waals surface area contributed by atoms with Gasteiger partial charge in [0.25, 0.3) is 0 Å². The first-order valence-corrected chi connectivity index (χ1v) is 22.0. The van der Waals surface area contributed by atoms with Gasteiger partial charge < -0.3 is 19.1 Å². The molecule has 0 fully saturated rings. The van der Waals surface area contributed by atoms with Crippen molar-refractivity contribution in [2.75, 3.05) is 34.4 Å². The van der Waals surface area contributed by atoms with Crippen molar-refractivity contribution in [1.82, 2.24) is 4.90 Å². The molecular formula is C46H85NO6. The van der Waals surface area contributed by atoms with Crippen LogP contribution in [0.4, 0.5) is 0 Å². The minimum atomic E-state index is -0.104. The molecule has 0 rings (SSSR count). The van der Waals surface area contributed by atoms with Gasteiger partial charge in [0.2, 0.25) is 0 Å². The number of carbonyl (C=O) groups is 3. The number of carbonyl (C=O) groups excluding carboxylic acids is 3. The molecule has 0 spiro atoms. The lowest BCUT2D eigenvalue weighted by Crippen LogP contribution is -2.23. The Balaban J connectivity index is 4.24. The van der Waals surface area contributed by atoms with Crippen LogP contribution < -0.4 is 0 Å². The van der Waals surface area contributed by atoms with Crippen molar-refractivity contribution in [2.45, 2.75) is 207 Å². The molecule has 0 aromatic rings. The minimum Gasteiger partial charge on any atom is -0.469 e. The van der Waals surface area contributed by atoms with Gasteiger partial charge in [0, 0.05) is 25.8 Å². The van der Waals surface area contributed by atoms with E-state index in [4.69, 9.17) is 9.47 Å². The van der Waals surface area contributed by atoms with Crippen LogP contribution in [-0.2, 0) is 28.6 Å². The number of unbranched alkanes of at least 4 members (excludes halogenated alkanes) is 18. The van der Waals surface area contributed by atoms with Gasteiger partial charge in [0.15, 0.2) is 0 Å². The fourth-order valence-electron chi connectivity index (χ4n) is 7.15. The predicted molar refractivity (Wildman–Crippen MR) is 223 cm³/mol. The molecule has 0 amide bonds. The van der Waals surface area contributed by atoms with E-state index in [9.17, 15) is 14.4 Å². The van der Waals surface area contributed by atoms with Crippen molar-refractivity contribution in [3.8, 4) is 0 Å². The lowest BCUT2D eigenvalue weighted by atomic mass is 9.94. The number of methoxy groups -OCH3 is 1. The predicted octanol–water partition coefficient (Wildman–Crippen LogP) is 12.5. The van der Waals surface area contributed by atoms with Gasteiger partial charge >= 0.3 is 17.9 Å². The molecule has 0 saturated carbocycles. The maximum absolute atomic E-state index is 13.0. The first-order chi connectivity index (χ1) is 25.7. The van der Waals surface area contributed by atoms with Crippen molar-refractivity contribution in [1.29, 1.82) is 0 Å². The molecule has 0 saturated heterocycles. The van der Waals surface area contributed by atoms with Crippen LogP contribution in [0.3, 0.4) is 0 Å². The van der Waals surface area contributed by atoms with Crippen LogP contribution >= 0.6 is 0 Å². The summed E-state index contributed by atoms with van der Waals surface area (Å²) in [6.07, 6.45) is 39.7. The van der Waals surface area contributed by atoms with E-state index in [1.807, 2.05) is 6.92 Å². The summed E-state index contributed by atoms with van der Waals surface area (Å²) in [7, 11) is 5.68. The second-order valence-corrected chi connectivity index (χ2v) is 15.9. The number of hydrogen-bond donors (Lipinski definition) is 0. The molecule has 310 valence electrons. The number of hydrogen-bond acceptors (Lipinski definition) is 7. The van der Waals surface area contributed by atoms with Crippen molar-refractivity contribution in [2.24, 2.45) is 11.8 Å². The third kappa shape index (κ3) is 37.9. The lowest BCUT2D eigenvalue weighted by Gasteiger charge is -2.22. The van der Waals surface area contributed by atoms with Crippen LogP contribution in [-0.4, -0.2) is 63.3 Å². The van der Waals surface area contributed by atoms with Gasteiger partial charge in [-0.1, -0.05) is 102 Å². The molecule has 0 N–H and O–H groups in total. The Kier molecular flexibility index (Phi) is 36.6. The summed E-state index contributed by atoms with van der Waals surface area (Å²) in [6.45, 7) is 7.85. The molecular weight excluding hydrogens is 663 g/mol. The second-order valence-electron chi connectivity index (χ2n) is 15.9. The van der Waals surface area contributed by atoms with E-state index in [0.717, 1.165) is 103 Å². The van der Waals surface area contributed by atoms with E-state index < -0.39 is 0 Å². The molecule has 7 heteroatoms. The standard InChI is InChI=1S/C46H85NO6/c1-7-52-45(49)37-33-29-25-21-17-13-9-11-15-19-23-27-31-35-43(53-46(50)39-41(2)38-42(3)40-47(4)5)34-30-26-22-18-14-10-8-12-16-20-24-28-32-36-44(48)51-6/h12-13,16-17,41-43H,7-11,14-15,18-40H2,1-6H3/b16-12-,17-13-. The summed E-state index contributed by atoms with van der Waals surface area (Å²) in [6, 6.07) is 0. The zero-order chi connectivity index (χ0) is 39.2. The highest BCUT2D eigenvalue weighted by Crippen LogP contribution is 2.21. The normalized spacial score (nSPS) is 13.5. The zero-order valence-corrected chi connectivity index (χ0v) is 35.7. The topological polar surface area (TPSA) is 82.1 Å². The number of esters is 3. The Morgan fingerprint density at radius 1 is 0.547 bits per heavy atom. The van der Waals surface area contributed by atoms with Crippen LogP contribution in [0.5, 0.6) is 0 Å². The first-order valence-electron chi connectivity index (χ1n) is 22.0. The second kappa shape index (κ2) is 38.1. The minimum absolute atomic E-state index is 0.00136. The Morgan fingerprint density at radius 2 is 0.962 bits per heavy atom. The van der Waals surface area contributed by atoms with Crippen molar-refractivity contribution < 1.29 is 28.6 Å². The fourth-order valence-corrected chi connectivity index (χ4v) is 7.15. The molecule has 0 aromatic heterocycles. The first kappa shape index (κ1) is 50.9. The largest absolute Gasteiger partial charge is 0.469 e. The highest BCUT2D eigenvalue weighted by atomic mass is 16.5. The molecule has 53 heavy (non-hydrogen) atoms. The summed E-state index contributed by atoms with van der Waals surface area (Å²) >= 11 is 0. The maximum Gasteiger partial charge on any atom is 0.306 e. The van der Waals surface area contributed by atoms with E-state index in [2.05, 4.69) is 61.9 Å². The number of allylic oxidation sites excluding steroid dienone is 4. The van der Waals surface area contributed by atoms with Gasteiger partial charge in [-0.15, -0.1) is 0 Å². The van der Waals surface area contributed by atoms with Gasteiger partial charge in [-0.3, -0.25) is 14.4 Å². The highest BCUT2D eigenvalue weighted by Gasteiger charge is 2.18. The van der Waals surface area contributed by atoms with Gasteiger partial charge in [0.05, 0.1) is 13.7 Å². The highest BCUT2D eigenvalue weighted by molar-refractivity contribution is 5.70. The summed E-state index contributed by atoms with van der Waals surface area (Å²) in [5, 5.41) is 0. The molecule has 0 aliphatic rings. The molecule has 0 aliphatic carbocycles. The van der Waals surface area contributed by atoms with Gasteiger partial charge in [-0.2, -0.15) is 0 Å². The lowest BCUT2D eigenvalue weighted by molar-refractivity contribution is -0.151. The molecule has 0 aromatic carbocycles. The smallest absolute Gasteiger partial charge is 0.306 e. The van der Waals surface area contributed by atoms with E-state index in [1.54, 1.807) is 0 Å². The summed E-state index contributed by atoms with van der Waals surface area (Å²) in [4.78, 5) is 37.7. The third-order valence-corrected chi connectivity index (χ3v) is 9.96. The Bertz CT molecular complexity index is 916. The number of ether oxygens (including phenoxy) is 3. The number of rotatable bonds is 38. The molecule has 0 heterocycles. The molecule has 0 aliphatic heterocycles. The van der Waals surface area contributed by atoms with Crippen molar-refractivity contribution >= 4 is 17.9 Å². The quantitative estimate of drug-likeness (QED) is 0.0269. The van der Waals surface area contributed by atoms with Crippen molar-refractivity contribution in [3.63, 3.8) is 0 Å². The monoisotopic (exact) mass is 748 g/mol. The Hall–Kier alpha value is -2.15. The van der Waals surface area contributed by atoms with E-state index in [-0.39, 0.29) is 24.0 Å². The maximum atomic E-state index is 13.0. The Labute approximate surface area is 327 Å². The summed E-state index contributed by atoms with van der Waals surface area (Å²) in [5.74, 6) is 0.751. The van der Waals surface area contributed by atoms with Gasteiger partial charge in [-0.05, 0) is 129 Å². The summed E-state index contributed by atoms with van der Waals surface area (Å²) < 4.78 is 15.8. The Morgan fingerprint density at radius 3 is 1.40 bits per heavy atom. The average molecular weight is 748 g/mol. The van der Waals surface area contributed by atoms with Gasteiger partial charge in [-0.25, -0.2) is 0 Å². The summed E-state index contributed by atoms with van der Waals surface area (Å²) in [5.41, 5.74) is 0. The molecule has 0 radical (unpaired) electrons. The van der Waals surface area contributed by atoms with Gasteiger partial charge in [0.1, 0.15) is 6.10 Å². The molecule has 3 unspecified atom stereocenters. The van der Waals surface area contributed by atoms with E-state index in [1.165, 1.54) is 71.3 Å². The zero-order valence-electron chi connectivity index (χ0n) is 35.7. The number of nitrogens with zero attached hydrogens (tertiary/aromatic N) is 1. The van der Waals surface area contributed by atoms with Crippen LogP contribution in [0.15, 0.2) is 24.3 Å². The molecule has 7 nitrogen and oxygen atoms in total. The molecule has 0 bridgehead atoms. The van der Waals surface area contributed by atoms with Crippen LogP contribution in [0, 0.1) is 11.8 Å². The van der Waals surface area contributed by atoms with Crippen LogP contribution in [0.2, 0.25) is 0 Å². The fraction of sp³-hybridized carbons (Fsp3) is 0.848. The van der Waals surface area contributed by atoms with E-state index >= 15 is 0 Å². The SMILES string of the molecule is CCOC(=O)CCCCC/C=C\CCCCCCCCC(CCCCCCCC/C=C\CCCCCC(=O)OC)OC(=O)CC(C)CC(C)CN(C)C. The average Bonchev–Trinajstić information content (AvgIpc) is 3.10. The van der Waals surface area contributed by atoms with E-state index in [0.29, 0.717) is 37.7 Å². The van der Waals surface area contributed by atoms with Crippen LogP contribution in [0.25, 0.3) is 0 Å². The van der Waals surface area contributed by atoms with Crippen LogP contribution in [0.1, 0.15) is 201 Å². The third-order valence-electron chi connectivity index (χ3n) is 9.96.